The largest absolute Gasteiger partial charge is 0.383 e. The van der Waals surface area contributed by atoms with Crippen LogP contribution in [0.15, 0.2) is 30.3 Å². The van der Waals surface area contributed by atoms with Crippen molar-refractivity contribution in [1.82, 2.24) is 9.80 Å². The van der Waals surface area contributed by atoms with E-state index in [4.69, 9.17) is 4.74 Å². The zero-order valence-electron chi connectivity index (χ0n) is 12.9. The lowest BCUT2D eigenvalue weighted by Gasteiger charge is -2.38. The third-order valence-corrected chi connectivity index (χ3v) is 4.34. The van der Waals surface area contributed by atoms with Gasteiger partial charge in [-0.15, -0.1) is 0 Å². The summed E-state index contributed by atoms with van der Waals surface area (Å²) >= 11 is 0. The van der Waals surface area contributed by atoms with Crippen molar-refractivity contribution < 1.29 is 4.74 Å². The molecule has 0 saturated carbocycles. The summed E-state index contributed by atoms with van der Waals surface area (Å²) in [6, 6.07) is 11.5. The highest BCUT2D eigenvalue weighted by molar-refractivity contribution is 5.14. The van der Waals surface area contributed by atoms with Gasteiger partial charge >= 0.3 is 0 Å². The summed E-state index contributed by atoms with van der Waals surface area (Å²) in [5.74, 6) is 0. The van der Waals surface area contributed by atoms with Gasteiger partial charge in [0.25, 0.3) is 0 Å². The molecule has 20 heavy (non-hydrogen) atoms. The first-order valence-corrected chi connectivity index (χ1v) is 7.79. The maximum absolute atomic E-state index is 5.15. The predicted octanol–water partition coefficient (Wildman–Crippen LogP) is 2.27. The van der Waals surface area contributed by atoms with E-state index in [2.05, 4.69) is 47.1 Å². The van der Waals surface area contributed by atoms with Crippen LogP contribution in [0.3, 0.4) is 0 Å². The van der Waals surface area contributed by atoms with Gasteiger partial charge in [-0.05, 0) is 25.3 Å². The van der Waals surface area contributed by atoms with E-state index in [0.717, 1.165) is 13.2 Å². The molecule has 3 nitrogen and oxygen atoms in total. The summed E-state index contributed by atoms with van der Waals surface area (Å²) in [7, 11) is 1.78. The number of hydrogen-bond donors (Lipinski definition) is 0. The molecular formula is C17H28N2O. The Hall–Kier alpha value is -0.900. The maximum Gasteiger partial charge on any atom is 0.0589 e. The van der Waals surface area contributed by atoms with E-state index >= 15 is 0 Å². The van der Waals surface area contributed by atoms with Gasteiger partial charge in [0.15, 0.2) is 0 Å². The molecule has 112 valence electrons. The first-order chi connectivity index (χ1) is 9.79. The molecule has 1 fully saturated rings. The van der Waals surface area contributed by atoms with Gasteiger partial charge in [-0.25, -0.2) is 0 Å². The zero-order valence-corrected chi connectivity index (χ0v) is 12.9. The SMILES string of the molecule is COCCN1CCN([C@H](C)CCc2ccccc2)CC1. The minimum Gasteiger partial charge on any atom is -0.383 e. The van der Waals surface area contributed by atoms with Gasteiger partial charge in [0, 0.05) is 45.9 Å². The second-order valence-corrected chi connectivity index (χ2v) is 5.74. The van der Waals surface area contributed by atoms with Gasteiger partial charge in [0.1, 0.15) is 0 Å². The second kappa shape index (κ2) is 8.40. The minimum absolute atomic E-state index is 0.680. The molecule has 0 N–H and O–H groups in total. The molecule has 0 aromatic heterocycles. The molecule has 1 aliphatic rings. The molecule has 1 aliphatic heterocycles. The first kappa shape index (κ1) is 15.5. The number of methoxy groups -OCH3 is 1. The zero-order chi connectivity index (χ0) is 14.2. The van der Waals surface area contributed by atoms with E-state index in [0.29, 0.717) is 6.04 Å². The molecule has 1 saturated heterocycles. The fourth-order valence-corrected chi connectivity index (χ4v) is 2.85. The molecule has 0 bridgehead atoms. The molecular weight excluding hydrogens is 248 g/mol. The minimum atomic E-state index is 0.680. The van der Waals surface area contributed by atoms with E-state index in [-0.39, 0.29) is 0 Å². The van der Waals surface area contributed by atoms with Gasteiger partial charge in [-0.1, -0.05) is 30.3 Å². The number of nitrogens with zero attached hydrogens (tertiary/aromatic N) is 2. The molecule has 2 rings (SSSR count). The van der Waals surface area contributed by atoms with E-state index in [1.165, 1.54) is 44.6 Å². The normalized spacial score (nSPS) is 19.1. The summed E-state index contributed by atoms with van der Waals surface area (Å²) in [5, 5.41) is 0. The number of piperazine rings is 1. The van der Waals surface area contributed by atoms with Crippen molar-refractivity contribution in [2.75, 3.05) is 46.4 Å². The third kappa shape index (κ3) is 4.89. The van der Waals surface area contributed by atoms with Gasteiger partial charge in [-0.2, -0.15) is 0 Å². The van der Waals surface area contributed by atoms with Crippen LogP contribution in [0.25, 0.3) is 0 Å². The smallest absolute Gasteiger partial charge is 0.0589 e. The van der Waals surface area contributed by atoms with Crippen LogP contribution >= 0.6 is 0 Å². The van der Waals surface area contributed by atoms with Gasteiger partial charge in [-0.3, -0.25) is 9.80 Å². The Morgan fingerprint density at radius 3 is 2.45 bits per heavy atom. The summed E-state index contributed by atoms with van der Waals surface area (Å²) in [6.07, 6.45) is 2.44. The molecule has 3 heteroatoms. The number of rotatable bonds is 7. The molecule has 0 spiro atoms. The summed E-state index contributed by atoms with van der Waals surface area (Å²) in [4.78, 5) is 5.14. The van der Waals surface area contributed by atoms with Crippen molar-refractivity contribution in [3.8, 4) is 0 Å². The molecule has 0 radical (unpaired) electrons. The van der Waals surface area contributed by atoms with Gasteiger partial charge in [0.05, 0.1) is 6.61 Å². The number of ether oxygens (including phenoxy) is 1. The van der Waals surface area contributed by atoms with E-state index in [9.17, 15) is 0 Å². The fourth-order valence-electron chi connectivity index (χ4n) is 2.85. The molecule has 1 heterocycles. The van der Waals surface area contributed by atoms with Crippen molar-refractivity contribution in [3.05, 3.63) is 35.9 Å². The summed E-state index contributed by atoms with van der Waals surface area (Å²) < 4.78 is 5.15. The van der Waals surface area contributed by atoms with Crippen LogP contribution in [0.4, 0.5) is 0 Å². The van der Waals surface area contributed by atoms with Crippen LogP contribution in [0.5, 0.6) is 0 Å². The Morgan fingerprint density at radius 2 is 1.80 bits per heavy atom. The van der Waals surface area contributed by atoms with Crippen LogP contribution < -0.4 is 0 Å². The number of aryl methyl sites for hydroxylation is 1. The highest BCUT2D eigenvalue weighted by atomic mass is 16.5. The maximum atomic E-state index is 5.15. The lowest BCUT2D eigenvalue weighted by Crippen LogP contribution is -2.50. The molecule has 1 aromatic carbocycles. The Kier molecular flexibility index (Phi) is 6.51. The average Bonchev–Trinajstić information content (AvgIpc) is 2.52. The van der Waals surface area contributed by atoms with Gasteiger partial charge < -0.3 is 4.74 Å². The van der Waals surface area contributed by atoms with E-state index in [1.807, 2.05) is 0 Å². The van der Waals surface area contributed by atoms with Crippen molar-refractivity contribution >= 4 is 0 Å². The van der Waals surface area contributed by atoms with Crippen molar-refractivity contribution in [2.45, 2.75) is 25.8 Å². The third-order valence-electron chi connectivity index (χ3n) is 4.34. The van der Waals surface area contributed by atoms with Crippen molar-refractivity contribution in [1.29, 1.82) is 0 Å². The monoisotopic (exact) mass is 276 g/mol. The lowest BCUT2D eigenvalue weighted by molar-refractivity contribution is 0.0767. The Labute approximate surface area is 123 Å². The Bertz CT molecular complexity index is 361. The molecule has 0 unspecified atom stereocenters. The molecule has 0 aliphatic carbocycles. The second-order valence-electron chi connectivity index (χ2n) is 5.74. The summed E-state index contributed by atoms with van der Waals surface area (Å²) in [6.45, 7) is 9.04. The molecule has 1 atom stereocenters. The standard InChI is InChI=1S/C17H28N2O/c1-16(8-9-17-6-4-3-5-7-17)19-12-10-18(11-13-19)14-15-20-2/h3-7,16H,8-15H2,1-2H3/t16-/m1/s1. The number of hydrogen-bond acceptors (Lipinski definition) is 3. The summed E-state index contributed by atoms with van der Waals surface area (Å²) in [5.41, 5.74) is 1.46. The average molecular weight is 276 g/mol. The van der Waals surface area contributed by atoms with E-state index in [1.54, 1.807) is 7.11 Å². The van der Waals surface area contributed by atoms with Gasteiger partial charge in [0.2, 0.25) is 0 Å². The van der Waals surface area contributed by atoms with Crippen LogP contribution in [0, 0.1) is 0 Å². The van der Waals surface area contributed by atoms with Crippen molar-refractivity contribution in [3.63, 3.8) is 0 Å². The number of benzene rings is 1. The van der Waals surface area contributed by atoms with Crippen LogP contribution in [0.2, 0.25) is 0 Å². The van der Waals surface area contributed by atoms with Crippen LogP contribution in [-0.4, -0.2) is 62.3 Å². The quantitative estimate of drug-likeness (QED) is 0.760. The molecule has 1 aromatic rings. The first-order valence-electron chi connectivity index (χ1n) is 7.79. The Balaban J connectivity index is 1.68. The lowest BCUT2D eigenvalue weighted by atomic mass is 10.0. The Morgan fingerprint density at radius 1 is 1.10 bits per heavy atom. The fraction of sp³-hybridized carbons (Fsp3) is 0.647. The van der Waals surface area contributed by atoms with E-state index < -0.39 is 0 Å². The highest BCUT2D eigenvalue weighted by Gasteiger charge is 2.20. The van der Waals surface area contributed by atoms with Crippen LogP contribution in [-0.2, 0) is 11.2 Å². The molecule has 0 amide bonds. The highest BCUT2D eigenvalue weighted by Crippen LogP contribution is 2.12. The van der Waals surface area contributed by atoms with Crippen LogP contribution in [0.1, 0.15) is 18.9 Å². The predicted molar refractivity (Wildman–Crippen MR) is 84.1 cm³/mol. The topological polar surface area (TPSA) is 15.7 Å². The van der Waals surface area contributed by atoms with Crippen molar-refractivity contribution in [2.24, 2.45) is 0 Å².